The Hall–Kier alpha value is -0.0800. The molecule has 0 aromatic rings. The number of hydrogen-bond donors (Lipinski definition) is 0. The number of hydrogen-bond acceptors (Lipinski definition) is 2. The summed E-state index contributed by atoms with van der Waals surface area (Å²) in [6.45, 7) is 13.5. The molecule has 0 aliphatic heterocycles. The van der Waals surface area contributed by atoms with Crippen LogP contribution in [0.5, 0.6) is 0 Å². The Morgan fingerprint density at radius 2 is 2.06 bits per heavy atom. The van der Waals surface area contributed by atoms with Crippen molar-refractivity contribution in [2.45, 2.75) is 46.1 Å². The van der Waals surface area contributed by atoms with E-state index in [2.05, 4.69) is 20.8 Å². The lowest BCUT2D eigenvalue weighted by molar-refractivity contribution is -0.0519. The van der Waals surface area contributed by atoms with Gasteiger partial charge in [0.15, 0.2) is 0 Å². The van der Waals surface area contributed by atoms with Crippen LogP contribution in [0, 0.1) is 23.7 Å². The van der Waals surface area contributed by atoms with E-state index >= 15 is 0 Å². The van der Waals surface area contributed by atoms with Crippen molar-refractivity contribution < 1.29 is 9.47 Å². The largest absolute Gasteiger partial charge is 0.379 e. The minimum absolute atomic E-state index is 0.143. The quantitative estimate of drug-likeness (QED) is 0.669. The lowest BCUT2D eigenvalue weighted by Gasteiger charge is -2.38. The van der Waals surface area contributed by atoms with Crippen molar-refractivity contribution >= 4 is 0 Å². The van der Waals surface area contributed by atoms with Crippen molar-refractivity contribution in [1.82, 2.24) is 0 Å². The van der Waals surface area contributed by atoms with E-state index in [0.29, 0.717) is 18.1 Å². The van der Waals surface area contributed by atoms with Gasteiger partial charge in [0, 0.05) is 12.0 Å². The van der Waals surface area contributed by atoms with Gasteiger partial charge in [0.2, 0.25) is 0 Å². The summed E-state index contributed by atoms with van der Waals surface area (Å²) in [7, 11) is 0. The van der Waals surface area contributed by atoms with Crippen LogP contribution in [-0.4, -0.2) is 25.9 Å². The topological polar surface area (TPSA) is 18.5 Å². The van der Waals surface area contributed by atoms with E-state index in [1.165, 1.54) is 19.3 Å². The van der Waals surface area contributed by atoms with Crippen LogP contribution in [0.4, 0.5) is 0 Å². The maximum atomic E-state index is 5.99. The van der Waals surface area contributed by atoms with Crippen molar-refractivity contribution in [2.24, 2.45) is 16.7 Å². The molecule has 0 spiro atoms. The minimum Gasteiger partial charge on any atom is -0.379 e. The Balaban J connectivity index is 1.89. The predicted molar refractivity (Wildman–Crippen MR) is 65.1 cm³/mol. The molecule has 0 saturated heterocycles. The zero-order chi connectivity index (χ0) is 11.8. The average molecular weight is 225 g/mol. The predicted octanol–water partition coefficient (Wildman–Crippen LogP) is 3.07. The lowest BCUT2D eigenvalue weighted by Crippen LogP contribution is -2.38. The highest BCUT2D eigenvalue weighted by Gasteiger charge is 2.61. The van der Waals surface area contributed by atoms with Crippen molar-refractivity contribution in [1.29, 1.82) is 0 Å². The van der Waals surface area contributed by atoms with E-state index < -0.39 is 0 Å². The Morgan fingerprint density at radius 1 is 1.31 bits per heavy atom. The van der Waals surface area contributed by atoms with Crippen molar-refractivity contribution in [3.05, 3.63) is 6.92 Å². The molecule has 2 saturated carbocycles. The summed E-state index contributed by atoms with van der Waals surface area (Å²) in [5.41, 5.74) is 0.493. The fraction of sp³-hybridized carbons (Fsp3) is 0.929. The van der Waals surface area contributed by atoms with E-state index in [0.717, 1.165) is 19.1 Å². The van der Waals surface area contributed by atoms with E-state index in [1.807, 2.05) is 6.92 Å². The first-order valence-corrected chi connectivity index (χ1v) is 6.57. The van der Waals surface area contributed by atoms with Gasteiger partial charge in [0.1, 0.15) is 0 Å². The van der Waals surface area contributed by atoms with Gasteiger partial charge in [-0.1, -0.05) is 13.8 Å². The molecule has 2 rings (SSSR count). The molecule has 0 amide bonds. The highest BCUT2D eigenvalue weighted by molar-refractivity contribution is 5.14. The summed E-state index contributed by atoms with van der Waals surface area (Å²) in [5, 5.41) is 0. The molecule has 2 nitrogen and oxygen atoms in total. The second kappa shape index (κ2) is 4.30. The summed E-state index contributed by atoms with van der Waals surface area (Å²) >= 11 is 0. The maximum Gasteiger partial charge on any atom is 0.0704 e. The Labute approximate surface area is 99.7 Å². The van der Waals surface area contributed by atoms with Crippen LogP contribution < -0.4 is 0 Å². The third-order valence-electron chi connectivity index (χ3n) is 5.11. The molecule has 2 aliphatic carbocycles. The Bertz CT molecular complexity index is 249. The molecular weight excluding hydrogens is 200 g/mol. The van der Waals surface area contributed by atoms with Gasteiger partial charge in [-0.3, -0.25) is 0 Å². The van der Waals surface area contributed by atoms with E-state index in [9.17, 15) is 0 Å². The molecule has 2 heteroatoms. The van der Waals surface area contributed by atoms with Gasteiger partial charge in [-0.25, -0.2) is 0 Å². The summed E-state index contributed by atoms with van der Waals surface area (Å²) < 4.78 is 11.3. The molecule has 3 atom stereocenters. The molecule has 1 radical (unpaired) electrons. The fourth-order valence-corrected chi connectivity index (χ4v) is 3.61. The van der Waals surface area contributed by atoms with Crippen LogP contribution in [0.1, 0.15) is 40.0 Å². The van der Waals surface area contributed by atoms with Gasteiger partial charge in [0.05, 0.1) is 19.3 Å². The lowest BCUT2D eigenvalue weighted by atomic mass is 9.70. The van der Waals surface area contributed by atoms with E-state index in [4.69, 9.17) is 9.47 Å². The molecule has 0 aromatic carbocycles. The smallest absolute Gasteiger partial charge is 0.0704 e. The standard InChI is InChI=1S/C14H25O2/c1-5-15-8-9-16-12-10-11-6-7-14(12,4)13(11,2)3/h11-12H,4-10H2,1-3H3. The average Bonchev–Trinajstić information content (AvgIpc) is 2.57. The minimum atomic E-state index is 0.143. The first kappa shape index (κ1) is 12.4. The van der Waals surface area contributed by atoms with Crippen molar-refractivity contribution in [3.63, 3.8) is 0 Å². The van der Waals surface area contributed by atoms with Crippen LogP contribution >= 0.6 is 0 Å². The third-order valence-corrected chi connectivity index (χ3v) is 5.11. The molecule has 2 aliphatic rings. The van der Waals surface area contributed by atoms with Gasteiger partial charge in [-0.15, -0.1) is 0 Å². The fourth-order valence-electron chi connectivity index (χ4n) is 3.61. The Morgan fingerprint density at radius 3 is 2.56 bits per heavy atom. The van der Waals surface area contributed by atoms with Crippen LogP contribution in [0.2, 0.25) is 0 Å². The second-order valence-electron chi connectivity index (χ2n) is 5.91. The monoisotopic (exact) mass is 225 g/mol. The van der Waals surface area contributed by atoms with Crippen LogP contribution in [0.3, 0.4) is 0 Å². The maximum absolute atomic E-state index is 5.99. The van der Waals surface area contributed by atoms with Gasteiger partial charge in [-0.2, -0.15) is 0 Å². The zero-order valence-corrected chi connectivity index (χ0v) is 10.9. The summed E-state index contributed by atoms with van der Waals surface area (Å²) in [5.74, 6) is 0.807. The van der Waals surface area contributed by atoms with E-state index in [1.54, 1.807) is 0 Å². The molecular formula is C14H25O2. The van der Waals surface area contributed by atoms with Gasteiger partial charge in [-0.05, 0) is 44.4 Å². The van der Waals surface area contributed by atoms with Gasteiger partial charge in [0.25, 0.3) is 0 Å². The van der Waals surface area contributed by atoms with Gasteiger partial charge >= 0.3 is 0 Å². The first-order valence-electron chi connectivity index (χ1n) is 6.57. The van der Waals surface area contributed by atoms with Crippen molar-refractivity contribution in [3.8, 4) is 0 Å². The molecule has 93 valence electrons. The molecule has 2 bridgehead atoms. The van der Waals surface area contributed by atoms with Crippen molar-refractivity contribution in [2.75, 3.05) is 19.8 Å². The summed E-state index contributed by atoms with van der Waals surface area (Å²) in [6, 6.07) is 0. The number of fused-ring (bicyclic) bond motifs is 2. The van der Waals surface area contributed by atoms with Crippen LogP contribution in [0.25, 0.3) is 0 Å². The van der Waals surface area contributed by atoms with Crippen LogP contribution in [-0.2, 0) is 9.47 Å². The molecule has 0 N–H and O–H groups in total. The van der Waals surface area contributed by atoms with Crippen LogP contribution in [0.15, 0.2) is 0 Å². The molecule has 2 fully saturated rings. The molecule has 0 heterocycles. The highest BCUT2D eigenvalue weighted by Crippen LogP contribution is 2.65. The number of rotatable bonds is 5. The second-order valence-corrected chi connectivity index (χ2v) is 5.91. The zero-order valence-electron chi connectivity index (χ0n) is 10.9. The SMILES string of the molecule is [CH2]C12CCC(CC1OCCOCC)C2(C)C. The Kier molecular flexibility index (Phi) is 3.33. The molecule has 0 aromatic heterocycles. The third kappa shape index (κ3) is 1.70. The first-order chi connectivity index (χ1) is 7.52. The normalized spacial score (nSPS) is 40.5. The number of ether oxygens (including phenoxy) is 2. The summed E-state index contributed by atoms with van der Waals surface area (Å²) in [6.07, 6.45) is 4.11. The van der Waals surface area contributed by atoms with Gasteiger partial charge < -0.3 is 9.47 Å². The summed E-state index contributed by atoms with van der Waals surface area (Å²) in [4.78, 5) is 0. The van der Waals surface area contributed by atoms with E-state index in [-0.39, 0.29) is 5.41 Å². The molecule has 16 heavy (non-hydrogen) atoms. The molecule has 3 unspecified atom stereocenters. The highest BCUT2D eigenvalue weighted by atomic mass is 16.5.